The molecule has 1 N–H and O–H groups in total. The molecule has 1 heterocycles. The molecule has 1 aliphatic rings. The van der Waals surface area contributed by atoms with Crippen LogP contribution in [0.1, 0.15) is 30.3 Å². The highest BCUT2D eigenvalue weighted by Crippen LogP contribution is 2.35. The molecule has 0 spiro atoms. The van der Waals surface area contributed by atoms with Crippen molar-refractivity contribution in [2.24, 2.45) is 5.92 Å². The normalized spacial score (nSPS) is 22.1. The van der Waals surface area contributed by atoms with E-state index in [0.29, 0.717) is 30.0 Å². The first kappa shape index (κ1) is 9.55. The van der Waals surface area contributed by atoms with Crippen molar-refractivity contribution in [2.45, 2.75) is 32.4 Å². The standard InChI is InChI=1S/C9H11F3N2/c1-5-2-3-6-7(4-5)13-14-8(6)9(10,11)12/h5H,2-4H2,1H3,(H,13,14). The molecule has 0 aromatic carbocycles. The van der Waals surface area contributed by atoms with Crippen molar-refractivity contribution in [3.63, 3.8) is 0 Å². The summed E-state index contributed by atoms with van der Waals surface area (Å²) in [6.07, 6.45) is -2.33. The lowest BCUT2D eigenvalue weighted by atomic mass is 9.88. The van der Waals surface area contributed by atoms with Crippen LogP contribution in [0.2, 0.25) is 0 Å². The first-order valence-electron chi connectivity index (χ1n) is 4.62. The lowest BCUT2D eigenvalue weighted by molar-refractivity contribution is -0.141. The fourth-order valence-corrected chi connectivity index (χ4v) is 1.92. The lowest BCUT2D eigenvalue weighted by Crippen LogP contribution is -2.14. The van der Waals surface area contributed by atoms with Gasteiger partial charge in [0.15, 0.2) is 5.69 Å². The molecular weight excluding hydrogens is 193 g/mol. The Kier molecular flexibility index (Phi) is 2.05. The zero-order chi connectivity index (χ0) is 10.3. The number of H-pyrrole nitrogens is 1. The van der Waals surface area contributed by atoms with E-state index < -0.39 is 11.9 Å². The molecule has 2 nitrogen and oxygen atoms in total. The Hall–Kier alpha value is -1.00. The minimum Gasteiger partial charge on any atom is -0.282 e. The summed E-state index contributed by atoms with van der Waals surface area (Å²) in [6, 6.07) is 0. The molecule has 0 aliphatic heterocycles. The molecule has 78 valence electrons. The van der Waals surface area contributed by atoms with E-state index in [1.165, 1.54) is 0 Å². The van der Waals surface area contributed by atoms with Crippen LogP contribution in [-0.4, -0.2) is 10.2 Å². The molecule has 1 aliphatic carbocycles. The van der Waals surface area contributed by atoms with Crippen LogP contribution >= 0.6 is 0 Å². The van der Waals surface area contributed by atoms with E-state index in [9.17, 15) is 13.2 Å². The van der Waals surface area contributed by atoms with Gasteiger partial charge in [-0.3, -0.25) is 5.10 Å². The molecule has 1 aromatic rings. The number of fused-ring (bicyclic) bond motifs is 1. The molecule has 0 radical (unpaired) electrons. The van der Waals surface area contributed by atoms with Crippen LogP contribution in [0.4, 0.5) is 13.2 Å². The number of nitrogens with one attached hydrogen (secondary N) is 1. The van der Waals surface area contributed by atoms with Gasteiger partial charge >= 0.3 is 6.18 Å². The second-order valence-corrected chi connectivity index (χ2v) is 3.88. The van der Waals surface area contributed by atoms with E-state index in [0.717, 1.165) is 6.42 Å². The molecule has 0 saturated heterocycles. The number of halogens is 3. The van der Waals surface area contributed by atoms with Gasteiger partial charge in [-0.1, -0.05) is 6.92 Å². The second kappa shape index (κ2) is 3.00. The summed E-state index contributed by atoms with van der Waals surface area (Å²) in [4.78, 5) is 0. The minimum atomic E-state index is -4.31. The van der Waals surface area contributed by atoms with E-state index in [2.05, 4.69) is 10.2 Å². The maximum Gasteiger partial charge on any atom is 0.435 e. The van der Waals surface area contributed by atoms with Crippen LogP contribution in [0.25, 0.3) is 0 Å². The number of alkyl halides is 3. The molecular formula is C9H11F3N2. The quantitative estimate of drug-likeness (QED) is 0.691. The van der Waals surface area contributed by atoms with Crippen molar-refractivity contribution in [1.82, 2.24) is 10.2 Å². The fraction of sp³-hybridized carbons (Fsp3) is 0.667. The smallest absolute Gasteiger partial charge is 0.282 e. The van der Waals surface area contributed by atoms with Crippen LogP contribution in [0.15, 0.2) is 0 Å². The predicted molar refractivity (Wildman–Crippen MR) is 44.8 cm³/mol. The Morgan fingerprint density at radius 1 is 1.43 bits per heavy atom. The molecule has 0 fully saturated rings. The summed E-state index contributed by atoms with van der Waals surface area (Å²) in [5.41, 5.74) is 0.311. The molecule has 14 heavy (non-hydrogen) atoms. The van der Waals surface area contributed by atoms with E-state index in [1.54, 1.807) is 0 Å². The Balaban J connectivity index is 2.38. The zero-order valence-corrected chi connectivity index (χ0v) is 7.78. The van der Waals surface area contributed by atoms with Gasteiger partial charge in [0, 0.05) is 11.3 Å². The first-order valence-corrected chi connectivity index (χ1v) is 4.62. The monoisotopic (exact) mass is 204 g/mol. The topological polar surface area (TPSA) is 28.7 Å². The molecule has 1 aromatic heterocycles. The van der Waals surface area contributed by atoms with Crippen molar-refractivity contribution >= 4 is 0 Å². The number of aromatic nitrogens is 2. The molecule has 2 rings (SSSR count). The van der Waals surface area contributed by atoms with Crippen molar-refractivity contribution in [2.75, 3.05) is 0 Å². The summed E-state index contributed by atoms with van der Waals surface area (Å²) in [5, 5.41) is 5.85. The third-order valence-electron chi connectivity index (χ3n) is 2.66. The Morgan fingerprint density at radius 2 is 2.14 bits per heavy atom. The maximum atomic E-state index is 12.4. The maximum absolute atomic E-state index is 12.4. The largest absolute Gasteiger partial charge is 0.435 e. The average molecular weight is 204 g/mol. The fourth-order valence-electron chi connectivity index (χ4n) is 1.92. The van der Waals surface area contributed by atoms with E-state index in [1.807, 2.05) is 6.92 Å². The highest BCUT2D eigenvalue weighted by molar-refractivity contribution is 5.29. The minimum absolute atomic E-state index is 0.371. The van der Waals surface area contributed by atoms with Gasteiger partial charge in [-0.25, -0.2) is 0 Å². The highest BCUT2D eigenvalue weighted by Gasteiger charge is 2.38. The SMILES string of the molecule is CC1CCc2c(C(F)(F)F)n[nH]c2C1. The summed E-state index contributed by atoms with van der Waals surface area (Å²) in [7, 11) is 0. The molecule has 0 bridgehead atoms. The van der Waals surface area contributed by atoms with Crippen LogP contribution in [-0.2, 0) is 19.0 Å². The third-order valence-corrected chi connectivity index (χ3v) is 2.66. The average Bonchev–Trinajstić information content (AvgIpc) is 2.45. The Bertz CT molecular complexity index is 340. The molecule has 1 unspecified atom stereocenters. The van der Waals surface area contributed by atoms with Crippen LogP contribution < -0.4 is 0 Å². The van der Waals surface area contributed by atoms with Crippen LogP contribution in [0, 0.1) is 5.92 Å². The summed E-state index contributed by atoms with van der Waals surface area (Å²) >= 11 is 0. The lowest BCUT2D eigenvalue weighted by Gasteiger charge is -2.18. The summed E-state index contributed by atoms with van der Waals surface area (Å²) in [5.74, 6) is 0.448. The molecule has 1 atom stereocenters. The van der Waals surface area contributed by atoms with Gasteiger partial charge in [-0.2, -0.15) is 18.3 Å². The number of rotatable bonds is 0. The number of hydrogen-bond donors (Lipinski definition) is 1. The summed E-state index contributed by atoms with van der Waals surface area (Å²) in [6.45, 7) is 2.04. The van der Waals surface area contributed by atoms with Crippen molar-refractivity contribution in [3.8, 4) is 0 Å². The van der Waals surface area contributed by atoms with E-state index in [4.69, 9.17) is 0 Å². The third kappa shape index (κ3) is 1.51. The Morgan fingerprint density at radius 3 is 2.79 bits per heavy atom. The second-order valence-electron chi connectivity index (χ2n) is 3.88. The van der Waals surface area contributed by atoms with Gasteiger partial charge in [-0.15, -0.1) is 0 Å². The van der Waals surface area contributed by atoms with Gasteiger partial charge in [0.1, 0.15) is 0 Å². The van der Waals surface area contributed by atoms with Gasteiger partial charge < -0.3 is 0 Å². The Labute approximate surface area is 79.5 Å². The number of hydrogen-bond acceptors (Lipinski definition) is 1. The summed E-state index contributed by atoms with van der Waals surface area (Å²) < 4.78 is 37.3. The number of aromatic amines is 1. The van der Waals surface area contributed by atoms with Gasteiger partial charge in [0.05, 0.1) is 0 Å². The van der Waals surface area contributed by atoms with Crippen molar-refractivity contribution in [3.05, 3.63) is 17.0 Å². The van der Waals surface area contributed by atoms with E-state index in [-0.39, 0.29) is 0 Å². The first-order chi connectivity index (χ1) is 6.48. The van der Waals surface area contributed by atoms with Crippen molar-refractivity contribution < 1.29 is 13.2 Å². The predicted octanol–water partition coefficient (Wildman–Crippen LogP) is 2.55. The van der Waals surface area contributed by atoms with E-state index >= 15 is 0 Å². The highest BCUT2D eigenvalue weighted by atomic mass is 19.4. The molecule has 0 saturated carbocycles. The zero-order valence-electron chi connectivity index (χ0n) is 7.78. The van der Waals surface area contributed by atoms with Gasteiger partial charge in [-0.05, 0) is 25.2 Å². The molecule has 5 heteroatoms. The van der Waals surface area contributed by atoms with Gasteiger partial charge in [0.25, 0.3) is 0 Å². The van der Waals surface area contributed by atoms with Crippen molar-refractivity contribution in [1.29, 1.82) is 0 Å². The number of nitrogens with zero attached hydrogens (tertiary/aromatic N) is 1. The van der Waals surface area contributed by atoms with Crippen LogP contribution in [0.3, 0.4) is 0 Å². The van der Waals surface area contributed by atoms with Gasteiger partial charge in [0.2, 0.25) is 0 Å². The van der Waals surface area contributed by atoms with Crippen LogP contribution in [0.5, 0.6) is 0 Å². The molecule has 0 amide bonds.